The zero-order valence-corrected chi connectivity index (χ0v) is 11.3. The van der Waals surface area contributed by atoms with E-state index in [-0.39, 0.29) is 0 Å². The summed E-state index contributed by atoms with van der Waals surface area (Å²) in [5, 5.41) is 4.52. The summed E-state index contributed by atoms with van der Waals surface area (Å²) in [6, 6.07) is 10.6. The van der Waals surface area contributed by atoms with Crippen LogP contribution in [-0.4, -0.2) is 27.8 Å². The third kappa shape index (κ3) is 2.49. The molecule has 0 bridgehead atoms. The predicted molar refractivity (Wildman–Crippen MR) is 76.7 cm³/mol. The number of aryl methyl sites for hydroxylation is 1. The van der Waals surface area contributed by atoms with E-state index in [1.54, 1.807) is 4.68 Å². The van der Waals surface area contributed by atoms with Crippen molar-refractivity contribution in [1.82, 2.24) is 14.7 Å². The SMILES string of the molecule is Cn1nc2c(c1N)CCN(Cc1ccccc1)CC2. The summed E-state index contributed by atoms with van der Waals surface area (Å²) in [5.74, 6) is 0.830. The average Bonchev–Trinajstić information content (AvgIpc) is 2.60. The zero-order valence-electron chi connectivity index (χ0n) is 11.3. The molecule has 0 fully saturated rings. The van der Waals surface area contributed by atoms with Crippen LogP contribution < -0.4 is 5.73 Å². The van der Waals surface area contributed by atoms with Crippen LogP contribution in [0.15, 0.2) is 30.3 Å². The molecule has 0 saturated carbocycles. The fraction of sp³-hybridized carbons (Fsp3) is 0.400. The molecule has 2 aromatic rings. The number of nitrogen functional groups attached to an aromatic ring is 1. The van der Waals surface area contributed by atoms with E-state index in [9.17, 15) is 0 Å². The standard InChI is InChI=1S/C15H20N4/c1-18-15(16)13-7-9-19(10-8-14(13)17-18)11-12-5-3-2-4-6-12/h2-6H,7-11,16H2,1H3. The summed E-state index contributed by atoms with van der Waals surface area (Å²) in [6.07, 6.45) is 2.00. The van der Waals surface area contributed by atoms with Crippen molar-refractivity contribution < 1.29 is 0 Å². The van der Waals surface area contributed by atoms with Gasteiger partial charge < -0.3 is 5.73 Å². The minimum Gasteiger partial charge on any atom is -0.384 e. The lowest BCUT2D eigenvalue weighted by atomic mass is 10.1. The van der Waals surface area contributed by atoms with Gasteiger partial charge in [0.15, 0.2) is 0 Å². The highest BCUT2D eigenvalue weighted by atomic mass is 15.3. The zero-order chi connectivity index (χ0) is 13.2. The van der Waals surface area contributed by atoms with Crippen molar-refractivity contribution in [1.29, 1.82) is 0 Å². The second-order valence-corrected chi connectivity index (χ2v) is 5.20. The molecule has 1 aromatic heterocycles. The Morgan fingerprint density at radius 3 is 2.68 bits per heavy atom. The number of hydrogen-bond acceptors (Lipinski definition) is 3. The van der Waals surface area contributed by atoms with Crippen molar-refractivity contribution >= 4 is 5.82 Å². The van der Waals surface area contributed by atoms with Crippen LogP contribution >= 0.6 is 0 Å². The van der Waals surface area contributed by atoms with Crippen LogP contribution in [0.5, 0.6) is 0 Å². The van der Waals surface area contributed by atoms with Gasteiger partial charge in [-0.25, -0.2) is 0 Å². The maximum absolute atomic E-state index is 6.07. The molecule has 3 rings (SSSR count). The Hall–Kier alpha value is -1.81. The molecule has 0 unspecified atom stereocenters. The van der Waals surface area contributed by atoms with Gasteiger partial charge in [-0.3, -0.25) is 9.58 Å². The van der Waals surface area contributed by atoms with E-state index in [0.717, 1.165) is 38.3 Å². The molecule has 0 spiro atoms. The lowest BCUT2D eigenvalue weighted by Crippen LogP contribution is -2.26. The molecule has 0 aliphatic carbocycles. The van der Waals surface area contributed by atoms with Gasteiger partial charge >= 0.3 is 0 Å². The van der Waals surface area contributed by atoms with Gasteiger partial charge in [-0.1, -0.05) is 30.3 Å². The van der Waals surface area contributed by atoms with E-state index in [1.165, 1.54) is 16.8 Å². The van der Waals surface area contributed by atoms with Crippen molar-refractivity contribution in [3.8, 4) is 0 Å². The number of benzene rings is 1. The van der Waals surface area contributed by atoms with Crippen LogP contribution in [0, 0.1) is 0 Å². The first-order valence-corrected chi connectivity index (χ1v) is 6.80. The van der Waals surface area contributed by atoms with E-state index in [1.807, 2.05) is 7.05 Å². The van der Waals surface area contributed by atoms with Gasteiger partial charge in [0.1, 0.15) is 5.82 Å². The van der Waals surface area contributed by atoms with Gasteiger partial charge in [0, 0.05) is 38.7 Å². The van der Waals surface area contributed by atoms with Crippen LogP contribution in [0.2, 0.25) is 0 Å². The van der Waals surface area contributed by atoms with Crippen molar-refractivity contribution in [2.24, 2.45) is 7.05 Å². The Bertz CT molecular complexity index is 559. The number of anilines is 1. The molecule has 0 atom stereocenters. The number of hydrogen-bond donors (Lipinski definition) is 1. The first-order chi connectivity index (χ1) is 9.24. The number of rotatable bonds is 2. The van der Waals surface area contributed by atoms with E-state index in [4.69, 9.17) is 5.73 Å². The first-order valence-electron chi connectivity index (χ1n) is 6.80. The summed E-state index contributed by atoms with van der Waals surface area (Å²) in [5.41, 5.74) is 9.87. The molecule has 19 heavy (non-hydrogen) atoms. The Kier molecular flexibility index (Phi) is 3.25. The summed E-state index contributed by atoms with van der Waals surface area (Å²) < 4.78 is 1.80. The molecule has 2 heterocycles. The summed E-state index contributed by atoms with van der Waals surface area (Å²) >= 11 is 0. The van der Waals surface area contributed by atoms with Gasteiger partial charge in [0.25, 0.3) is 0 Å². The number of nitrogens with two attached hydrogens (primary N) is 1. The highest BCUT2D eigenvalue weighted by Gasteiger charge is 2.19. The lowest BCUT2D eigenvalue weighted by molar-refractivity contribution is 0.278. The second kappa shape index (κ2) is 5.05. The normalized spacial score (nSPS) is 16.1. The van der Waals surface area contributed by atoms with Crippen LogP contribution in [0.4, 0.5) is 5.82 Å². The topological polar surface area (TPSA) is 47.1 Å². The Morgan fingerprint density at radius 1 is 1.16 bits per heavy atom. The van der Waals surface area contributed by atoms with Crippen molar-refractivity contribution in [2.75, 3.05) is 18.8 Å². The number of nitrogens with zero attached hydrogens (tertiary/aromatic N) is 3. The minimum absolute atomic E-state index is 0.830. The van der Waals surface area contributed by atoms with Gasteiger partial charge in [0.05, 0.1) is 5.69 Å². The Balaban J connectivity index is 1.70. The van der Waals surface area contributed by atoms with Crippen LogP contribution in [0.1, 0.15) is 16.8 Å². The minimum atomic E-state index is 0.830. The largest absolute Gasteiger partial charge is 0.384 e. The van der Waals surface area contributed by atoms with Gasteiger partial charge in [-0.05, 0) is 12.0 Å². The lowest BCUT2D eigenvalue weighted by Gasteiger charge is -2.19. The van der Waals surface area contributed by atoms with Crippen molar-refractivity contribution in [2.45, 2.75) is 19.4 Å². The van der Waals surface area contributed by atoms with Crippen molar-refractivity contribution in [3.05, 3.63) is 47.2 Å². The molecule has 4 heteroatoms. The first kappa shape index (κ1) is 12.2. The molecule has 1 aliphatic heterocycles. The van der Waals surface area contributed by atoms with Gasteiger partial charge in [-0.2, -0.15) is 5.10 Å². The molecule has 2 N–H and O–H groups in total. The predicted octanol–water partition coefficient (Wildman–Crippen LogP) is 1.60. The maximum Gasteiger partial charge on any atom is 0.124 e. The highest BCUT2D eigenvalue weighted by molar-refractivity contribution is 5.44. The quantitative estimate of drug-likeness (QED) is 0.888. The summed E-state index contributed by atoms with van der Waals surface area (Å²) in [6.45, 7) is 3.12. The molecular weight excluding hydrogens is 236 g/mol. The fourth-order valence-corrected chi connectivity index (χ4v) is 2.76. The molecule has 0 amide bonds. The molecular formula is C15H20N4. The van der Waals surface area contributed by atoms with Crippen molar-refractivity contribution in [3.63, 3.8) is 0 Å². The van der Waals surface area contributed by atoms with Gasteiger partial charge in [-0.15, -0.1) is 0 Å². The van der Waals surface area contributed by atoms with Crippen LogP contribution in [0.25, 0.3) is 0 Å². The third-order valence-corrected chi connectivity index (χ3v) is 3.87. The third-order valence-electron chi connectivity index (χ3n) is 3.87. The molecule has 4 nitrogen and oxygen atoms in total. The monoisotopic (exact) mass is 256 g/mol. The molecule has 1 aromatic carbocycles. The molecule has 0 saturated heterocycles. The summed E-state index contributed by atoms with van der Waals surface area (Å²) in [4.78, 5) is 2.48. The number of aromatic nitrogens is 2. The Morgan fingerprint density at radius 2 is 1.89 bits per heavy atom. The van der Waals surface area contributed by atoms with Crippen LogP contribution in [0.3, 0.4) is 0 Å². The van der Waals surface area contributed by atoms with E-state index in [0.29, 0.717) is 0 Å². The van der Waals surface area contributed by atoms with E-state index in [2.05, 4.69) is 40.3 Å². The van der Waals surface area contributed by atoms with Gasteiger partial charge in [0.2, 0.25) is 0 Å². The van der Waals surface area contributed by atoms with E-state index < -0.39 is 0 Å². The van der Waals surface area contributed by atoms with E-state index >= 15 is 0 Å². The smallest absolute Gasteiger partial charge is 0.124 e. The maximum atomic E-state index is 6.07. The summed E-state index contributed by atoms with van der Waals surface area (Å²) in [7, 11) is 1.92. The molecule has 0 radical (unpaired) electrons. The average molecular weight is 256 g/mol. The number of fused-ring (bicyclic) bond motifs is 1. The molecule has 100 valence electrons. The molecule has 1 aliphatic rings. The fourth-order valence-electron chi connectivity index (χ4n) is 2.76. The highest BCUT2D eigenvalue weighted by Crippen LogP contribution is 2.21. The second-order valence-electron chi connectivity index (χ2n) is 5.20. The van der Waals surface area contributed by atoms with Crippen LogP contribution in [-0.2, 0) is 26.4 Å². The Labute approximate surface area is 113 Å².